The number of aromatic nitrogens is 2. The number of carbonyl (C=O) groups is 1. The lowest BCUT2D eigenvalue weighted by atomic mass is 10.1. The lowest BCUT2D eigenvalue weighted by Gasteiger charge is -2.32. The van der Waals surface area contributed by atoms with Gasteiger partial charge < -0.3 is 9.64 Å². The first kappa shape index (κ1) is 17.1. The highest BCUT2D eigenvalue weighted by molar-refractivity contribution is 7.13. The Labute approximate surface area is 160 Å². The van der Waals surface area contributed by atoms with E-state index in [1.807, 2.05) is 36.4 Å². The summed E-state index contributed by atoms with van der Waals surface area (Å²) in [6.07, 6.45) is 3.31. The highest BCUT2D eigenvalue weighted by Crippen LogP contribution is 2.27. The highest BCUT2D eigenvalue weighted by atomic mass is 35.5. The van der Waals surface area contributed by atoms with E-state index in [0.29, 0.717) is 30.4 Å². The molecule has 2 aromatic heterocycles. The number of amides is 1. The lowest BCUT2D eigenvalue weighted by Crippen LogP contribution is -2.42. The molecule has 1 atom stereocenters. The maximum absolute atomic E-state index is 12.9. The van der Waals surface area contributed by atoms with Gasteiger partial charge in [-0.1, -0.05) is 23.7 Å². The number of benzene rings is 1. The van der Waals surface area contributed by atoms with Crippen LogP contribution in [0.3, 0.4) is 0 Å². The number of carbonyl (C=O) groups excluding carboxylic acids is 1. The SMILES string of the molecule is O=C(c1csc(-c2cccnc2)n1)N1CCO[C@H](c2ccc(Cl)cc2)C1. The van der Waals surface area contributed by atoms with E-state index in [0.717, 1.165) is 16.1 Å². The molecule has 1 aliphatic heterocycles. The van der Waals surface area contributed by atoms with Gasteiger partial charge in [-0.3, -0.25) is 9.78 Å². The molecular weight excluding hydrogens is 370 g/mol. The Kier molecular flexibility index (Phi) is 4.97. The van der Waals surface area contributed by atoms with Crippen LogP contribution in [0.4, 0.5) is 0 Å². The van der Waals surface area contributed by atoms with Crippen molar-refractivity contribution in [2.45, 2.75) is 6.10 Å². The number of thiazole rings is 1. The summed E-state index contributed by atoms with van der Waals surface area (Å²) in [7, 11) is 0. The molecule has 0 N–H and O–H groups in total. The Balaban J connectivity index is 1.49. The number of hydrogen-bond acceptors (Lipinski definition) is 5. The maximum atomic E-state index is 12.9. The minimum atomic E-state index is -0.151. The first-order valence-electron chi connectivity index (χ1n) is 8.23. The molecule has 0 aliphatic carbocycles. The van der Waals surface area contributed by atoms with Crippen molar-refractivity contribution in [3.8, 4) is 10.6 Å². The van der Waals surface area contributed by atoms with Gasteiger partial charge in [0.2, 0.25) is 0 Å². The van der Waals surface area contributed by atoms with E-state index in [-0.39, 0.29) is 12.0 Å². The van der Waals surface area contributed by atoms with Crippen LogP contribution in [0.25, 0.3) is 10.6 Å². The number of rotatable bonds is 3. The fourth-order valence-corrected chi connectivity index (χ4v) is 3.78. The van der Waals surface area contributed by atoms with Crippen LogP contribution in [-0.2, 0) is 4.74 Å². The van der Waals surface area contributed by atoms with Gasteiger partial charge in [0.1, 0.15) is 16.8 Å². The van der Waals surface area contributed by atoms with Gasteiger partial charge in [-0.2, -0.15) is 0 Å². The Morgan fingerprint density at radius 2 is 2.12 bits per heavy atom. The zero-order valence-corrected chi connectivity index (χ0v) is 15.4. The number of pyridine rings is 1. The molecule has 3 aromatic rings. The minimum Gasteiger partial charge on any atom is -0.370 e. The van der Waals surface area contributed by atoms with E-state index in [4.69, 9.17) is 16.3 Å². The van der Waals surface area contributed by atoms with Gasteiger partial charge in [0, 0.05) is 34.9 Å². The van der Waals surface area contributed by atoms with Crippen molar-refractivity contribution in [2.75, 3.05) is 19.7 Å². The number of ether oxygens (including phenoxy) is 1. The van der Waals surface area contributed by atoms with Crippen molar-refractivity contribution >= 4 is 28.8 Å². The quantitative estimate of drug-likeness (QED) is 0.681. The minimum absolute atomic E-state index is 0.0707. The van der Waals surface area contributed by atoms with Gasteiger partial charge in [-0.25, -0.2) is 4.98 Å². The number of halogens is 1. The van der Waals surface area contributed by atoms with Crippen LogP contribution in [0.1, 0.15) is 22.2 Å². The average Bonchev–Trinajstić information content (AvgIpc) is 3.19. The largest absolute Gasteiger partial charge is 0.370 e. The van der Waals surface area contributed by atoms with Crippen LogP contribution in [0.15, 0.2) is 54.2 Å². The monoisotopic (exact) mass is 385 g/mol. The summed E-state index contributed by atoms with van der Waals surface area (Å²) in [6.45, 7) is 1.56. The zero-order chi connectivity index (χ0) is 17.9. The molecule has 0 spiro atoms. The smallest absolute Gasteiger partial charge is 0.273 e. The molecule has 26 heavy (non-hydrogen) atoms. The van der Waals surface area contributed by atoms with Crippen LogP contribution >= 0.6 is 22.9 Å². The molecular formula is C19H16ClN3O2S. The Hall–Kier alpha value is -2.28. The standard InChI is InChI=1S/C19H16ClN3O2S/c20-15-5-3-13(4-6-15)17-11-23(8-9-25-17)19(24)16-12-26-18(22-16)14-2-1-7-21-10-14/h1-7,10,12,17H,8-9,11H2/t17-/m0/s1. The number of nitrogens with zero attached hydrogens (tertiary/aromatic N) is 3. The average molecular weight is 386 g/mol. The fraction of sp³-hybridized carbons (Fsp3) is 0.211. The second kappa shape index (κ2) is 7.53. The van der Waals surface area contributed by atoms with E-state index in [9.17, 15) is 4.79 Å². The normalized spacial score (nSPS) is 17.3. The summed E-state index contributed by atoms with van der Waals surface area (Å²) in [5.41, 5.74) is 2.39. The Morgan fingerprint density at radius 1 is 1.27 bits per heavy atom. The van der Waals surface area contributed by atoms with Crippen LogP contribution < -0.4 is 0 Å². The molecule has 1 saturated heterocycles. The summed E-state index contributed by atoms with van der Waals surface area (Å²) in [4.78, 5) is 23.2. The molecule has 4 rings (SSSR count). The van der Waals surface area contributed by atoms with Crippen molar-refractivity contribution in [3.63, 3.8) is 0 Å². The van der Waals surface area contributed by atoms with Crippen LogP contribution in [0, 0.1) is 0 Å². The van der Waals surface area contributed by atoms with E-state index in [2.05, 4.69) is 9.97 Å². The van der Waals surface area contributed by atoms with Crippen LogP contribution in [-0.4, -0.2) is 40.5 Å². The molecule has 5 nitrogen and oxygen atoms in total. The van der Waals surface area contributed by atoms with Crippen molar-refractivity contribution in [1.82, 2.24) is 14.9 Å². The van der Waals surface area contributed by atoms with Crippen molar-refractivity contribution in [1.29, 1.82) is 0 Å². The zero-order valence-electron chi connectivity index (χ0n) is 13.8. The topological polar surface area (TPSA) is 55.3 Å². The van der Waals surface area contributed by atoms with Crippen LogP contribution in [0.2, 0.25) is 5.02 Å². The van der Waals surface area contributed by atoms with Gasteiger partial charge >= 0.3 is 0 Å². The molecule has 0 bridgehead atoms. The summed E-state index contributed by atoms with van der Waals surface area (Å²) < 4.78 is 5.83. The molecule has 1 amide bonds. The predicted octanol–water partition coefficient (Wildman–Crippen LogP) is 4.07. The van der Waals surface area contributed by atoms with Crippen molar-refractivity contribution in [2.24, 2.45) is 0 Å². The maximum Gasteiger partial charge on any atom is 0.273 e. The molecule has 1 aromatic carbocycles. The summed E-state index contributed by atoms with van der Waals surface area (Å²) in [5.74, 6) is -0.0707. The molecule has 0 saturated carbocycles. The third kappa shape index (κ3) is 3.62. The van der Waals surface area contributed by atoms with E-state index >= 15 is 0 Å². The van der Waals surface area contributed by atoms with Crippen molar-refractivity contribution in [3.05, 3.63) is 70.5 Å². The highest BCUT2D eigenvalue weighted by Gasteiger charge is 2.27. The lowest BCUT2D eigenvalue weighted by molar-refractivity contribution is -0.0229. The third-order valence-corrected chi connectivity index (χ3v) is 5.37. The number of hydrogen-bond donors (Lipinski definition) is 0. The molecule has 0 radical (unpaired) electrons. The number of morpholine rings is 1. The second-order valence-electron chi connectivity index (χ2n) is 5.94. The second-order valence-corrected chi connectivity index (χ2v) is 7.24. The first-order chi connectivity index (χ1) is 12.7. The van der Waals surface area contributed by atoms with Gasteiger partial charge in [0.05, 0.1) is 13.2 Å². The summed E-state index contributed by atoms with van der Waals surface area (Å²) >= 11 is 7.39. The van der Waals surface area contributed by atoms with Gasteiger partial charge in [-0.05, 0) is 29.8 Å². The van der Waals surface area contributed by atoms with Gasteiger partial charge in [0.25, 0.3) is 5.91 Å². The fourth-order valence-electron chi connectivity index (χ4n) is 2.87. The Morgan fingerprint density at radius 3 is 2.88 bits per heavy atom. The summed E-state index contributed by atoms with van der Waals surface area (Å²) in [6, 6.07) is 11.3. The first-order valence-corrected chi connectivity index (χ1v) is 9.49. The summed E-state index contributed by atoms with van der Waals surface area (Å²) in [5, 5.41) is 3.28. The van der Waals surface area contributed by atoms with Gasteiger partial charge in [0.15, 0.2) is 0 Å². The molecule has 3 heterocycles. The molecule has 1 aliphatic rings. The van der Waals surface area contributed by atoms with Gasteiger partial charge in [-0.15, -0.1) is 11.3 Å². The predicted molar refractivity (Wildman–Crippen MR) is 101 cm³/mol. The van der Waals surface area contributed by atoms with Crippen LogP contribution in [0.5, 0.6) is 0 Å². The third-order valence-electron chi connectivity index (χ3n) is 4.23. The van der Waals surface area contributed by atoms with Crippen molar-refractivity contribution < 1.29 is 9.53 Å². The molecule has 132 valence electrons. The van der Waals surface area contributed by atoms with E-state index < -0.39 is 0 Å². The molecule has 0 unspecified atom stereocenters. The molecule has 7 heteroatoms. The van der Waals surface area contributed by atoms with E-state index in [1.165, 1.54) is 11.3 Å². The van der Waals surface area contributed by atoms with E-state index in [1.54, 1.807) is 22.7 Å². The molecule has 1 fully saturated rings. The Bertz CT molecular complexity index is 899.